The van der Waals surface area contributed by atoms with Crippen molar-refractivity contribution in [1.82, 2.24) is 5.32 Å². The molecule has 2 nitrogen and oxygen atoms in total. The summed E-state index contributed by atoms with van der Waals surface area (Å²) in [5, 5.41) is 3.55. The van der Waals surface area contributed by atoms with Gasteiger partial charge in [-0.05, 0) is 18.9 Å². The smallest absolute Gasteiger partial charge is 0.124 e. The van der Waals surface area contributed by atoms with Gasteiger partial charge >= 0.3 is 0 Å². The first-order valence-corrected chi connectivity index (χ1v) is 6.36. The lowest BCUT2D eigenvalue weighted by atomic mass is 10.1. The third-order valence-electron chi connectivity index (χ3n) is 2.90. The molecule has 0 saturated carbocycles. The molecule has 1 aromatic carbocycles. The molecule has 0 heterocycles. The summed E-state index contributed by atoms with van der Waals surface area (Å²) in [6, 6.07) is 8.74. The maximum absolute atomic E-state index is 5.63. The largest absolute Gasteiger partial charge is 0.489 e. The van der Waals surface area contributed by atoms with Crippen LogP contribution in [0.5, 0.6) is 5.75 Å². The van der Waals surface area contributed by atoms with Crippen molar-refractivity contribution in [1.29, 1.82) is 0 Å². The standard InChI is InChI=1S/C15H23NO/c1-4-11-17-15-10-8-7-9-13(15)12-16-14(5-2)6-3/h4,7-10,14,16H,1,5-6,11-12H2,2-3H3. The summed E-state index contributed by atoms with van der Waals surface area (Å²) in [7, 11) is 0. The summed E-state index contributed by atoms with van der Waals surface area (Å²) in [4.78, 5) is 0. The van der Waals surface area contributed by atoms with Gasteiger partial charge in [0.1, 0.15) is 12.4 Å². The molecule has 0 aliphatic rings. The van der Waals surface area contributed by atoms with Crippen molar-refractivity contribution < 1.29 is 4.74 Å². The molecule has 0 fully saturated rings. The SMILES string of the molecule is C=CCOc1ccccc1CNC(CC)CC. The molecule has 1 N–H and O–H groups in total. The van der Waals surface area contributed by atoms with Crippen LogP contribution in [-0.4, -0.2) is 12.6 Å². The molecule has 0 unspecified atom stereocenters. The predicted molar refractivity (Wildman–Crippen MR) is 73.3 cm³/mol. The number of benzene rings is 1. The summed E-state index contributed by atoms with van der Waals surface area (Å²) >= 11 is 0. The van der Waals surface area contributed by atoms with E-state index < -0.39 is 0 Å². The molecule has 2 heteroatoms. The lowest BCUT2D eigenvalue weighted by Gasteiger charge is -2.16. The van der Waals surface area contributed by atoms with Gasteiger partial charge in [0, 0.05) is 18.2 Å². The number of ether oxygens (including phenoxy) is 1. The summed E-state index contributed by atoms with van der Waals surface area (Å²) in [6.45, 7) is 9.50. The van der Waals surface area contributed by atoms with Crippen LogP contribution in [0.25, 0.3) is 0 Å². The Bertz CT molecular complexity index is 331. The highest BCUT2D eigenvalue weighted by molar-refractivity contribution is 5.33. The summed E-state index contributed by atoms with van der Waals surface area (Å²) in [6.07, 6.45) is 4.09. The van der Waals surface area contributed by atoms with Crippen LogP contribution in [0.4, 0.5) is 0 Å². The van der Waals surface area contributed by atoms with Gasteiger partial charge in [0.2, 0.25) is 0 Å². The van der Waals surface area contributed by atoms with Crippen LogP contribution in [0.1, 0.15) is 32.3 Å². The van der Waals surface area contributed by atoms with Gasteiger partial charge in [-0.15, -0.1) is 0 Å². The van der Waals surface area contributed by atoms with Crippen molar-refractivity contribution in [3.63, 3.8) is 0 Å². The molecular formula is C15H23NO. The van der Waals surface area contributed by atoms with E-state index in [1.165, 1.54) is 5.56 Å². The van der Waals surface area contributed by atoms with Crippen molar-refractivity contribution >= 4 is 0 Å². The summed E-state index contributed by atoms with van der Waals surface area (Å²) in [5.41, 5.74) is 1.21. The first-order chi connectivity index (χ1) is 8.31. The van der Waals surface area contributed by atoms with Gasteiger partial charge in [0.25, 0.3) is 0 Å². The van der Waals surface area contributed by atoms with Crippen LogP contribution >= 0.6 is 0 Å². The molecule has 17 heavy (non-hydrogen) atoms. The molecule has 0 bridgehead atoms. The van der Waals surface area contributed by atoms with Gasteiger partial charge in [-0.3, -0.25) is 0 Å². The Labute approximate surface area is 105 Å². The Morgan fingerprint density at radius 3 is 2.65 bits per heavy atom. The van der Waals surface area contributed by atoms with E-state index in [9.17, 15) is 0 Å². The molecule has 1 rings (SSSR count). The second-order valence-corrected chi connectivity index (χ2v) is 4.10. The first-order valence-electron chi connectivity index (χ1n) is 6.36. The molecule has 0 atom stereocenters. The Morgan fingerprint density at radius 1 is 1.29 bits per heavy atom. The maximum Gasteiger partial charge on any atom is 0.124 e. The zero-order valence-corrected chi connectivity index (χ0v) is 10.9. The van der Waals surface area contributed by atoms with Crippen LogP contribution in [0.15, 0.2) is 36.9 Å². The topological polar surface area (TPSA) is 21.3 Å². The molecule has 0 amide bonds. The van der Waals surface area contributed by atoms with E-state index in [1.54, 1.807) is 6.08 Å². The van der Waals surface area contributed by atoms with Gasteiger partial charge < -0.3 is 10.1 Å². The second kappa shape index (κ2) is 7.91. The fourth-order valence-corrected chi connectivity index (χ4v) is 1.77. The fourth-order valence-electron chi connectivity index (χ4n) is 1.77. The molecule has 0 aliphatic heterocycles. The minimum atomic E-state index is 0.558. The van der Waals surface area contributed by atoms with Gasteiger partial charge in [-0.25, -0.2) is 0 Å². The van der Waals surface area contributed by atoms with Crippen LogP contribution in [0, 0.1) is 0 Å². The third kappa shape index (κ3) is 4.61. The number of para-hydroxylation sites is 1. The average Bonchev–Trinajstić information content (AvgIpc) is 2.38. The normalized spacial score (nSPS) is 10.5. The van der Waals surface area contributed by atoms with Gasteiger partial charge in [0.15, 0.2) is 0 Å². The van der Waals surface area contributed by atoms with E-state index >= 15 is 0 Å². The zero-order chi connectivity index (χ0) is 12.5. The van der Waals surface area contributed by atoms with E-state index in [2.05, 4.69) is 31.8 Å². The Morgan fingerprint density at radius 2 is 2.00 bits per heavy atom. The van der Waals surface area contributed by atoms with E-state index in [-0.39, 0.29) is 0 Å². The van der Waals surface area contributed by atoms with Gasteiger partial charge in [0.05, 0.1) is 0 Å². The van der Waals surface area contributed by atoms with Crippen molar-refractivity contribution in [3.05, 3.63) is 42.5 Å². The number of hydrogen-bond acceptors (Lipinski definition) is 2. The monoisotopic (exact) mass is 233 g/mol. The summed E-state index contributed by atoms with van der Waals surface area (Å²) < 4.78 is 5.63. The molecule has 0 spiro atoms. The molecule has 0 saturated heterocycles. The zero-order valence-electron chi connectivity index (χ0n) is 10.9. The molecule has 94 valence electrons. The van der Waals surface area contributed by atoms with Crippen molar-refractivity contribution in [2.24, 2.45) is 0 Å². The highest BCUT2D eigenvalue weighted by Crippen LogP contribution is 2.18. The maximum atomic E-state index is 5.63. The molecule has 0 radical (unpaired) electrons. The molecule has 0 aromatic heterocycles. The first kappa shape index (κ1) is 13.8. The van der Waals surface area contributed by atoms with Crippen LogP contribution in [0.3, 0.4) is 0 Å². The van der Waals surface area contributed by atoms with E-state index in [4.69, 9.17) is 4.74 Å². The third-order valence-corrected chi connectivity index (χ3v) is 2.90. The molecule has 0 aliphatic carbocycles. The fraction of sp³-hybridized carbons (Fsp3) is 0.467. The lowest BCUT2D eigenvalue weighted by Crippen LogP contribution is -2.27. The Balaban J connectivity index is 2.59. The van der Waals surface area contributed by atoms with Crippen LogP contribution in [-0.2, 0) is 6.54 Å². The Kier molecular flexibility index (Phi) is 6.41. The van der Waals surface area contributed by atoms with E-state index in [0.717, 1.165) is 25.1 Å². The quantitative estimate of drug-likeness (QED) is 0.694. The van der Waals surface area contributed by atoms with Crippen molar-refractivity contribution in [3.8, 4) is 5.75 Å². The Hall–Kier alpha value is -1.28. The van der Waals surface area contributed by atoms with Crippen LogP contribution < -0.4 is 10.1 Å². The number of hydrogen-bond donors (Lipinski definition) is 1. The molecule has 1 aromatic rings. The second-order valence-electron chi connectivity index (χ2n) is 4.10. The van der Waals surface area contributed by atoms with Gasteiger partial charge in [-0.2, -0.15) is 0 Å². The van der Waals surface area contributed by atoms with Crippen molar-refractivity contribution in [2.75, 3.05) is 6.61 Å². The summed E-state index contributed by atoms with van der Waals surface area (Å²) in [5.74, 6) is 0.950. The number of nitrogens with one attached hydrogen (secondary N) is 1. The van der Waals surface area contributed by atoms with E-state index in [0.29, 0.717) is 12.6 Å². The average molecular weight is 233 g/mol. The van der Waals surface area contributed by atoms with Crippen LogP contribution in [0.2, 0.25) is 0 Å². The minimum Gasteiger partial charge on any atom is -0.489 e. The number of rotatable bonds is 8. The van der Waals surface area contributed by atoms with Gasteiger partial charge in [-0.1, -0.05) is 44.7 Å². The minimum absolute atomic E-state index is 0.558. The highest BCUT2D eigenvalue weighted by Gasteiger charge is 2.05. The van der Waals surface area contributed by atoms with Crippen molar-refractivity contribution in [2.45, 2.75) is 39.3 Å². The molecular weight excluding hydrogens is 210 g/mol. The van der Waals surface area contributed by atoms with E-state index in [1.807, 2.05) is 18.2 Å². The lowest BCUT2D eigenvalue weighted by molar-refractivity contribution is 0.356. The predicted octanol–water partition coefficient (Wildman–Crippen LogP) is 3.53. The highest BCUT2D eigenvalue weighted by atomic mass is 16.5.